The predicted molar refractivity (Wildman–Crippen MR) is 112 cm³/mol. The molecular weight excluding hydrogens is 392 g/mol. The van der Waals surface area contributed by atoms with E-state index in [2.05, 4.69) is 10.00 Å². The molecule has 29 heavy (non-hydrogen) atoms. The summed E-state index contributed by atoms with van der Waals surface area (Å²) in [4.78, 5) is 29.6. The molecule has 3 heterocycles. The Kier molecular flexibility index (Phi) is 5.87. The van der Waals surface area contributed by atoms with E-state index in [-0.39, 0.29) is 17.5 Å². The first kappa shape index (κ1) is 19.9. The number of benzene rings is 1. The highest BCUT2D eigenvalue weighted by atomic mass is 35.5. The van der Waals surface area contributed by atoms with Gasteiger partial charge in [0, 0.05) is 42.8 Å². The standard InChI is InChI=1S/C21H25ClN4O3/c1-15-11-16(4-5-19(15)22)21(28)25-6-2-3-17(14-25)26-20(27)12-18(13-23-26)24-7-9-29-10-8-24/h4-5,11-13,17H,2-3,6-10,14H2,1H3/t17-/m0/s1. The first-order valence-electron chi connectivity index (χ1n) is 10.00. The number of hydrogen-bond acceptors (Lipinski definition) is 5. The number of ether oxygens (including phenoxy) is 1. The molecule has 4 rings (SSSR count). The first-order chi connectivity index (χ1) is 14.0. The summed E-state index contributed by atoms with van der Waals surface area (Å²) in [6.45, 7) is 5.88. The van der Waals surface area contributed by atoms with Crippen LogP contribution in [0.2, 0.25) is 5.02 Å². The van der Waals surface area contributed by atoms with Crippen molar-refractivity contribution in [1.82, 2.24) is 14.7 Å². The van der Waals surface area contributed by atoms with E-state index in [0.29, 0.717) is 36.9 Å². The summed E-state index contributed by atoms with van der Waals surface area (Å²) in [5, 5.41) is 5.08. The van der Waals surface area contributed by atoms with Crippen molar-refractivity contribution in [2.24, 2.45) is 0 Å². The molecule has 2 saturated heterocycles. The van der Waals surface area contributed by atoms with Gasteiger partial charge in [-0.2, -0.15) is 5.10 Å². The van der Waals surface area contributed by atoms with E-state index < -0.39 is 0 Å². The van der Waals surface area contributed by atoms with Crippen LogP contribution in [0.3, 0.4) is 0 Å². The maximum absolute atomic E-state index is 12.9. The number of hydrogen-bond donors (Lipinski definition) is 0. The zero-order valence-electron chi connectivity index (χ0n) is 16.5. The summed E-state index contributed by atoms with van der Waals surface area (Å²) in [6.07, 6.45) is 3.41. The molecule has 0 spiro atoms. The van der Waals surface area contributed by atoms with E-state index in [4.69, 9.17) is 16.3 Å². The Balaban J connectivity index is 1.50. The zero-order chi connectivity index (χ0) is 20.4. The summed E-state index contributed by atoms with van der Waals surface area (Å²) >= 11 is 6.08. The van der Waals surface area contributed by atoms with Crippen LogP contribution >= 0.6 is 11.6 Å². The van der Waals surface area contributed by atoms with Crippen molar-refractivity contribution in [2.75, 3.05) is 44.3 Å². The van der Waals surface area contributed by atoms with Crippen LogP contribution in [0.25, 0.3) is 0 Å². The summed E-state index contributed by atoms with van der Waals surface area (Å²) in [5.41, 5.74) is 2.20. The molecule has 1 aromatic carbocycles. The van der Waals surface area contributed by atoms with Gasteiger partial charge in [-0.15, -0.1) is 0 Å². The van der Waals surface area contributed by atoms with Crippen molar-refractivity contribution in [1.29, 1.82) is 0 Å². The lowest BCUT2D eigenvalue weighted by Gasteiger charge is -2.33. The van der Waals surface area contributed by atoms with Gasteiger partial charge in [0.2, 0.25) is 0 Å². The van der Waals surface area contributed by atoms with Crippen LogP contribution in [0.15, 0.2) is 35.3 Å². The number of carbonyl (C=O) groups excluding carboxylic acids is 1. The number of likely N-dealkylation sites (tertiary alicyclic amines) is 1. The van der Waals surface area contributed by atoms with Crippen LogP contribution in [0, 0.1) is 6.92 Å². The molecule has 2 aliphatic heterocycles. The molecule has 1 atom stereocenters. The molecular formula is C21H25ClN4O3. The summed E-state index contributed by atoms with van der Waals surface area (Å²) in [7, 11) is 0. The first-order valence-corrected chi connectivity index (χ1v) is 10.4. The molecule has 2 aromatic rings. The summed E-state index contributed by atoms with van der Waals surface area (Å²) in [6, 6.07) is 6.84. The Morgan fingerprint density at radius 1 is 1.21 bits per heavy atom. The van der Waals surface area contributed by atoms with E-state index in [1.807, 2.05) is 13.0 Å². The highest BCUT2D eigenvalue weighted by Gasteiger charge is 2.27. The second-order valence-corrected chi connectivity index (χ2v) is 8.01. The lowest BCUT2D eigenvalue weighted by atomic mass is 10.0. The van der Waals surface area contributed by atoms with Crippen molar-refractivity contribution in [3.8, 4) is 0 Å². The molecule has 1 aromatic heterocycles. The van der Waals surface area contributed by atoms with Crippen LogP contribution in [0.1, 0.15) is 34.8 Å². The van der Waals surface area contributed by atoms with Gasteiger partial charge in [0.1, 0.15) is 0 Å². The molecule has 0 saturated carbocycles. The van der Waals surface area contributed by atoms with Crippen molar-refractivity contribution < 1.29 is 9.53 Å². The second kappa shape index (κ2) is 8.55. The van der Waals surface area contributed by atoms with Gasteiger partial charge in [0.05, 0.1) is 31.1 Å². The highest BCUT2D eigenvalue weighted by Crippen LogP contribution is 2.23. The SMILES string of the molecule is Cc1cc(C(=O)N2CCC[C@H](n3ncc(N4CCOCC4)cc3=O)C2)ccc1Cl. The van der Waals surface area contributed by atoms with Gasteiger partial charge in [-0.1, -0.05) is 11.6 Å². The van der Waals surface area contributed by atoms with Gasteiger partial charge in [-0.25, -0.2) is 4.68 Å². The van der Waals surface area contributed by atoms with Crippen molar-refractivity contribution in [2.45, 2.75) is 25.8 Å². The molecule has 0 bridgehead atoms. The van der Waals surface area contributed by atoms with Crippen LogP contribution in [-0.4, -0.2) is 60.0 Å². The monoisotopic (exact) mass is 416 g/mol. The topological polar surface area (TPSA) is 67.7 Å². The van der Waals surface area contributed by atoms with Gasteiger partial charge in [-0.3, -0.25) is 9.59 Å². The number of halogens is 1. The molecule has 0 unspecified atom stereocenters. The molecule has 2 fully saturated rings. The fourth-order valence-corrected chi connectivity index (χ4v) is 4.09. The van der Waals surface area contributed by atoms with Crippen molar-refractivity contribution in [3.63, 3.8) is 0 Å². The lowest BCUT2D eigenvalue weighted by Crippen LogP contribution is -2.44. The summed E-state index contributed by atoms with van der Waals surface area (Å²) < 4.78 is 6.89. The number of piperidine rings is 1. The molecule has 1 amide bonds. The smallest absolute Gasteiger partial charge is 0.269 e. The minimum Gasteiger partial charge on any atom is -0.378 e. The third-order valence-electron chi connectivity index (χ3n) is 5.62. The van der Waals surface area contributed by atoms with E-state index in [0.717, 1.165) is 37.2 Å². The van der Waals surface area contributed by atoms with Gasteiger partial charge in [0.15, 0.2) is 0 Å². The number of amides is 1. The number of nitrogens with zero attached hydrogens (tertiary/aromatic N) is 4. The van der Waals surface area contributed by atoms with E-state index >= 15 is 0 Å². The van der Waals surface area contributed by atoms with Gasteiger partial charge in [-0.05, 0) is 43.5 Å². The number of carbonyl (C=O) groups is 1. The maximum Gasteiger partial charge on any atom is 0.269 e. The molecule has 7 nitrogen and oxygen atoms in total. The molecule has 0 N–H and O–H groups in total. The third-order valence-corrected chi connectivity index (χ3v) is 6.05. The maximum atomic E-state index is 12.9. The fourth-order valence-electron chi connectivity index (χ4n) is 3.98. The summed E-state index contributed by atoms with van der Waals surface area (Å²) in [5.74, 6) is -0.0348. The number of aryl methyl sites for hydroxylation is 1. The Hall–Kier alpha value is -2.38. The van der Waals surface area contributed by atoms with Gasteiger partial charge in [0.25, 0.3) is 11.5 Å². The van der Waals surface area contributed by atoms with Crippen LogP contribution < -0.4 is 10.5 Å². The third kappa shape index (κ3) is 4.31. The largest absolute Gasteiger partial charge is 0.378 e. The van der Waals surface area contributed by atoms with Crippen LogP contribution in [-0.2, 0) is 4.74 Å². The van der Waals surface area contributed by atoms with Gasteiger partial charge < -0.3 is 14.5 Å². The Bertz CT molecular complexity index is 955. The average Bonchev–Trinajstić information content (AvgIpc) is 2.76. The Morgan fingerprint density at radius 2 is 2.00 bits per heavy atom. The minimum atomic E-state index is -0.129. The van der Waals surface area contributed by atoms with Crippen molar-refractivity contribution >= 4 is 23.2 Å². The zero-order valence-corrected chi connectivity index (χ0v) is 17.3. The van der Waals surface area contributed by atoms with Crippen molar-refractivity contribution in [3.05, 3.63) is 57.0 Å². The predicted octanol–water partition coefficient (Wildman–Crippen LogP) is 2.52. The minimum absolute atomic E-state index is 0.0348. The van der Waals surface area contributed by atoms with Gasteiger partial charge >= 0.3 is 0 Å². The van der Waals surface area contributed by atoms with E-state index in [9.17, 15) is 9.59 Å². The van der Waals surface area contributed by atoms with E-state index in [1.54, 1.807) is 29.3 Å². The fraction of sp³-hybridized carbons (Fsp3) is 0.476. The molecule has 154 valence electrons. The normalized spacial score (nSPS) is 20.0. The lowest BCUT2D eigenvalue weighted by molar-refractivity contribution is 0.0670. The molecule has 0 radical (unpaired) electrons. The number of rotatable bonds is 3. The highest BCUT2D eigenvalue weighted by molar-refractivity contribution is 6.31. The number of anilines is 1. The quantitative estimate of drug-likeness (QED) is 0.769. The van der Waals surface area contributed by atoms with E-state index in [1.165, 1.54) is 4.68 Å². The van der Waals surface area contributed by atoms with Crippen LogP contribution in [0.4, 0.5) is 5.69 Å². The second-order valence-electron chi connectivity index (χ2n) is 7.61. The molecule has 0 aliphatic carbocycles. The average molecular weight is 417 g/mol. The van der Waals surface area contributed by atoms with Crippen LogP contribution in [0.5, 0.6) is 0 Å². The Labute approximate surface area is 174 Å². The number of morpholine rings is 1. The number of aromatic nitrogens is 2. The Morgan fingerprint density at radius 3 is 2.72 bits per heavy atom. The molecule has 2 aliphatic rings. The molecule has 8 heteroatoms.